The van der Waals surface area contributed by atoms with Gasteiger partial charge in [-0.2, -0.15) is 0 Å². The third kappa shape index (κ3) is 2.80. The predicted octanol–water partition coefficient (Wildman–Crippen LogP) is 4.80. The van der Waals surface area contributed by atoms with E-state index in [1.807, 2.05) is 12.4 Å². The van der Waals surface area contributed by atoms with Crippen molar-refractivity contribution in [2.75, 3.05) is 0 Å². The summed E-state index contributed by atoms with van der Waals surface area (Å²) in [5.41, 5.74) is 5.77. The zero-order valence-electron chi connectivity index (χ0n) is 12.8. The standard InChI is InChI=1S/C19H20N2/c1-13(2)10-15-8-9-20-19-11-18(21-12-17(15)19)16-7-5-4-6-14(16)3/h4-9,11-13H,10H2,1-3H3. The van der Waals surface area contributed by atoms with Crippen molar-refractivity contribution >= 4 is 10.9 Å². The molecule has 0 saturated heterocycles. The molecule has 0 aliphatic rings. The molecule has 3 rings (SSSR count). The van der Waals surface area contributed by atoms with Crippen molar-refractivity contribution in [1.82, 2.24) is 9.97 Å². The van der Waals surface area contributed by atoms with Gasteiger partial charge in [0.15, 0.2) is 0 Å². The van der Waals surface area contributed by atoms with Crippen LogP contribution in [0.3, 0.4) is 0 Å². The Hall–Kier alpha value is -2.22. The molecule has 3 aromatic rings. The second-order valence-corrected chi connectivity index (χ2v) is 5.97. The number of aromatic nitrogens is 2. The lowest BCUT2D eigenvalue weighted by molar-refractivity contribution is 0.650. The normalized spacial score (nSPS) is 11.2. The van der Waals surface area contributed by atoms with Gasteiger partial charge in [-0.3, -0.25) is 9.97 Å². The maximum Gasteiger partial charge on any atom is 0.0741 e. The molecule has 0 aliphatic carbocycles. The van der Waals surface area contributed by atoms with Crippen LogP contribution in [0.5, 0.6) is 0 Å². The Morgan fingerprint density at radius 2 is 1.86 bits per heavy atom. The summed E-state index contributed by atoms with van der Waals surface area (Å²) in [6.45, 7) is 6.59. The van der Waals surface area contributed by atoms with Gasteiger partial charge in [0.1, 0.15) is 0 Å². The Balaban J connectivity index is 2.12. The first kappa shape index (κ1) is 13.7. The highest BCUT2D eigenvalue weighted by Gasteiger charge is 2.08. The molecule has 0 aliphatic heterocycles. The Morgan fingerprint density at radius 3 is 2.62 bits per heavy atom. The summed E-state index contributed by atoms with van der Waals surface area (Å²) in [6, 6.07) is 12.5. The average Bonchev–Trinajstić information content (AvgIpc) is 2.47. The number of pyridine rings is 2. The zero-order valence-corrected chi connectivity index (χ0v) is 12.8. The van der Waals surface area contributed by atoms with E-state index in [1.54, 1.807) is 0 Å². The number of hydrogen-bond acceptors (Lipinski definition) is 2. The van der Waals surface area contributed by atoms with Gasteiger partial charge in [0.2, 0.25) is 0 Å². The number of aryl methyl sites for hydroxylation is 1. The summed E-state index contributed by atoms with van der Waals surface area (Å²) in [4.78, 5) is 9.19. The second kappa shape index (κ2) is 5.65. The van der Waals surface area contributed by atoms with Crippen molar-refractivity contribution in [2.45, 2.75) is 27.2 Å². The van der Waals surface area contributed by atoms with Gasteiger partial charge in [-0.15, -0.1) is 0 Å². The molecule has 0 atom stereocenters. The van der Waals surface area contributed by atoms with Crippen molar-refractivity contribution < 1.29 is 0 Å². The summed E-state index contributed by atoms with van der Waals surface area (Å²) in [7, 11) is 0. The van der Waals surface area contributed by atoms with Crippen LogP contribution >= 0.6 is 0 Å². The van der Waals surface area contributed by atoms with Gasteiger partial charge in [-0.25, -0.2) is 0 Å². The maximum atomic E-state index is 4.67. The van der Waals surface area contributed by atoms with Crippen LogP contribution in [0.4, 0.5) is 0 Å². The Labute approximate surface area is 125 Å². The van der Waals surface area contributed by atoms with Gasteiger partial charge in [0.25, 0.3) is 0 Å². The Morgan fingerprint density at radius 1 is 1.05 bits per heavy atom. The third-order valence-corrected chi connectivity index (χ3v) is 3.77. The molecule has 21 heavy (non-hydrogen) atoms. The molecule has 0 radical (unpaired) electrons. The van der Waals surface area contributed by atoms with E-state index >= 15 is 0 Å². The van der Waals surface area contributed by atoms with E-state index in [4.69, 9.17) is 0 Å². The quantitative estimate of drug-likeness (QED) is 0.686. The Bertz CT molecular complexity index is 775. The molecular weight excluding hydrogens is 256 g/mol. The molecule has 106 valence electrons. The zero-order chi connectivity index (χ0) is 14.8. The molecular formula is C19H20N2. The highest BCUT2D eigenvalue weighted by atomic mass is 14.7. The largest absolute Gasteiger partial charge is 0.256 e. The van der Waals surface area contributed by atoms with E-state index in [9.17, 15) is 0 Å². The minimum Gasteiger partial charge on any atom is -0.256 e. The lowest BCUT2D eigenvalue weighted by Crippen LogP contribution is -1.97. The molecule has 0 saturated carbocycles. The van der Waals surface area contributed by atoms with Crippen molar-refractivity contribution in [3.05, 3.63) is 59.9 Å². The van der Waals surface area contributed by atoms with E-state index in [-0.39, 0.29) is 0 Å². The molecule has 0 amide bonds. The second-order valence-electron chi connectivity index (χ2n) is 5.97. The van der Waals surface area contributed by atoms with E-state index in [1.165, 1.54) is 22.1 Å². The van der Waals surface area contributed by atoms with Crippen LogP contribution in [0.15, 0.2) is 48.8 Å². The fourth-order valence-corrected chi connectivity index (χ4v) is 2.72. The highest BCUT2D eigenvalue weighted by molar-refractivity contribution is 5.84. The van der Waals surface area contributed by atoms with Crippen LogP contribution in [0.1, 0.15) is 25.0 Å². The van der Waals surface area contributed by atoms with Crippen LogP contribution in [0, 0.1) is 12.8 Å². The maximum absolute atomic E-state index is 4.67. The Kier molecular flexibility index (Phi) is 3.70. The van der Waals surface area contributed by atoms with Crippen molar-refractivity contribution in [3.8, 4) is 11.3 Å². The van der Waals surface area contributed by atoms with Crippen molar-refractivity contribution in [3.63, 3.8) is 0 Å². The topological polar surface area (TPSA) is 25.8 Å². The molecule has 0 spiro atoms. The predicted molar refractivity (Wildman–Crippen MR) is 88.3 cm³/mol. The minimum atomic E-state index is 0.631. The summed E-state index contributed by atoms with van der Waals surface area (Å²) in [5.74, 6) is 0.631. The van der Waals surface area contributed by atoms with E-state index < -0.39 is 0 Å². The van der Waals surface area contributed by atoms with Crippen LogP contribution in [-0.2, 0) is 6.42 Å². The van der Waals surface area contributed by atoms with Gasteiger partial charge in [0, 0.05) is 23.3 Å². The van der Waals surface area contributed by atoms with Gasteiger partial charge in [-0.1, -0.05) is 38.1 Å². The van der Waals surface area contributed by atoms with Crippen molar-refractivity contribution in [2.24, 2.45) is 5.92 Å². The van der Waals surface area contributed by atoms with Crippen molar-refractivity contribution in [1.29, 1.82) is 0 Å². The first-order valence-corrected chi connectivity index (χ1v) is 7.45. The molecule has 1 aromatic carbocycles. The first-order chi connectivity index (χ1) is 10.1. The number of fused-ring (bicyclic) bond motifs is 1. The summed E-state index contributed by atoms with van der Waals surface area (Å²) in [6.07, 6.45) is 4.94. The highest BCUT2D eigenvalue weighted by Crippen LogP contribution is 2.25. The van der Waals surface area contributed by atoms with Gasteiger partial charge >= 0.3 is 0 Å². The van der Waals surface area contributed by atoms with E-state index in [0.717, 1.165) is 17.6 Å². The number of rotatable bonds is 3. The first-order valence-electron chi connectivity index (χ1n) is 7.45. The fraction of sp³-hybridized carbons (Fsp3) is 0.263. The van der Waals surface area contributed by atoms with Gasteiger partial charge in [0.05, 0.1) is 11.2 Å². The molecule has 2 aromatic heterocycles. The molecule has 0 unspecified atom stereocenters. The SMILES string of the molecule is Cc1ccccc1-c1cc2nccc(CC(C)C)c2cn1. The van der Waals surface area contributed by atoms with Crippen LogP contribution in [0.2, 0.25) is 0 Å². The summed E-state index contributed by atoms with van der Waals surface area (Å²) < 4.78 is 0. The van der Waals surface area contributed by atoms with Gasteiger partial charge < -0.3 is 0 Å². The summed E-state index contributed by atoms with van der Waals surface area (Å²) in [5, 5.41) is 1.17. The van der Waals surface area contributed by atoms with Crippen LogP contribution in [0.25, 0.3) is 22.2 Å². The number of nitrogens with zero attached hydrogens (tertiary/aromatic N) is 2. The summed E-state index contributed by atoms with van der Waals surface area (Å²) >= 11 is 0. The van der Waals surface area contributed by atoms with Gasteiger partial charge in [-0.05, 0) is 42.5 Å². The lowest BCUT2D eigenvalue weighted by Gasteiger charge is -2.10. The average molecular weight is 276 g/mol. The number of hydrogen-bond donors (Lipinski definition) is 0. The van der Waals surface area contributed by atoms with E-state index in [0.29, 0.717) is 5.92 Å². The van der Waals surface area contributed by atoms with Crippen LogP contribution < -0.4 is 0 Å². The molecule has 0 bridgehead atoms. The molecule has 0 fully saturated rings. The minimum absolute atomic E-state index is 0.631. The molecule has 0 N–H and O–H groups in total. The van der Waals surface area contributed by atoms with Crippen LogP contribution in [-0.4, -0.2) is 9.97 Å². The van der Waals surface area contributed by atoms with E-state index in [2.05, 4.69) is 67.1 Å². The molecule has 2 heterocycles. The monoisotopic (exact) mass is 276 g/mol. The fourth-order valence-electron chi connectivity index (χ4n) is 2.72. The molecule has 2 nitrogen and oxygen atoms in total. The third-order valence-electron chi connectivity index (χ3n) is 3.77. The molecule has 2 heteroatoms. The smallest absolute Gasteiger partial charge is 0.0741 e. The number of benzene rings is 1. The lowest BCUT2D eigenvalue weighted by atomic mass is 9.99.